The summed E-state index contributed by atoms with van der Waals surface area (Å²) < 4.78 is 5.08. The minimum Gasteiger partial charge on any atom is -0.497 e. The molecule has 2 aromatic carbocycles. The van der Waals surface area contributed by atoms with Gasteiger partial charge in [-0.1, -0.05) is 18.2 Å². The fourth-order valence-corrected chi connectivity index (χ4v) is 1.45. The summed E-state index contributed by atoms with van der Waals surface area (Å²) in [5, 5.41) is 1.41. The molecule has 0 aliphatic heterocycles. The zero-order valence-corrected chi connectivity index (χ0v) is 10.1. The Morgan fingerprint density at radius 2 is 1.67 bits per heavy atom. The molecule has 4 N–H and O–H groups in total. The third kappa shape index (κ3) is 3.13. The van der Waals surface area contributed by atoms with E-state index in [9.17, 15) is 0 Å². The molecule has 0 unspecified atom stereocenters. The van der Waals surface area contributed by atoms with Crippen LogP contribution < -0.4 is 26.7 Å². The molecule has 0 fully saturated rings. The van der Waals surface area contributed by atoms with Crippen LogP contribution in [0.3, 0.4) is 0 Å². The highest BCUT2D eigenvalue weighted by Gasteiger charge is 1.99. The van der Waals surface area contributed by atoms with E-state index in [1.165, 1.54) is 5.12 Å². The fourth-order valence-electron chi connectivity index (χ4n) is 1.45. The van der Waals surface area contributed by atoms with Crippen molar-refractivity contribution < 1.29 is 4.74 Å². The second-order valence-corrected chi connectivity index (χ2v) is 3.67. The first-order valence-electron chi connectivity index (χ1n) is 5.55. The minimum atomic E-state index is 0.813. The van der Waals surface area contributed by atoms with Gasteiger partial charge in [-0.05, 0) is 36.4 Å². The molecule has 0 aliphatic carbocycles. The van der Waals surface area contributed by atoms with E-state index in [0.717, 1.165) is 17.1 Å². The molecule has 94 valence electrons. The van der Waals surface area contributed by atoms with Gasteiger partial charge in [0, 0.05) is 0 Å². The molecular formula is C13H16N4O. The number of nitrogens with one attached hydrogen (secondary N) is 2. The molecule has 0 atom stereocenters. The Kier molecular flexibility index (Phi) is 4.01. The average Bonchev–Trinajstić information content (AvgIpc) is 2.46. The van der Waals surface area contributed by atoms with Crippen LogP contribution in [-0.4, -0.2) is 7.11 Å². The van der Waals surface area contributed by atoms with Crippen LogP contribution in [0.2, 0.25) is 0 Å². The van der Waals surface area contributed by atoms with E-state index < -0.39 is 0 Å². The summed E-state index contributed by atoms with van der Waals surface area (Å²) in [7, 11) is 1.64. The van der Waals surface area contributed by atoms with Gasteiger partial charge in [0.05, 0.1) is 18.5 Å². The van der Waals surface area contributed by atoms with Gasteiger partial charge in [0.2, 0.25) is 0 Å². The topological polar surface area (TPSA) is 62.5 Å². The Labute approximate surface area is 106 Å². The Hall–Kier alpha value is -2.24. The molecule has 0 aromatic heterocycles. The highest BCUT2D eigenvalue weighted by Crippen LogP contribution is 2.14. The molecule has 0 bridgehead atoms. The predicted molar refractivity (Wildman–Crippen MR) is 72.9 cm³/mol. The normalized spacial score (nSPS) is 9.89. The van der Waals surface area contributed by atoms with Gasteiger partial charge in [-0.2, -0.15) is 0 Å². The molecule has 5 heteroatoms. The molecule has 0 saturated heterocycles. The van der Waals surface area contributed by atoms with E-state index in [4.69, 9.17) is 10.6 Å². The van der Waals surface area contributed by atoms with Crippen LogP contribution in [0.25, 0.3) is 0 Å². The first-order chi connectivity index (χ1) is 8.79. The number of hydrazine groups is 3. The number of nitrogens with zero attached hydrogens (tertiary/aromatic N) is 1. The largest absolute Gasteiger partial charge is 0.497 e. The number of ether oxygens (including phenoxy) is 1. The zero-order chi connectivity index (χ0) is 12.8. The summed E-state index contributed by atoms with van der Waals surface area (Å²) >= 11 is 0. The van der Waals surface area contributed by atoms with Gasteiger partial charge in [-0.3, -0.25) is 0 Å². The summed E-state index contributed by atoms with van der Waals surface area (Å²) in [6.07, 6.45) is 0. The lowest BCUT2D eigenvalue weighted by Gasteiger charge is -2.20. The maximum atomic E-state index is 5.83. The molecule has 2 rings (SSSR count). The van der Waals surface area contributed by atoms with Gasteiger partial charge in [-0.25, -0.2) is 11.0 Å². The van der Waals surface area contributed by atoms with Crippen LogP contribution in [-0.2, 0) is 0 Å². The van der Waals surface area contributed by atoms with Crippen molar-refractivity contribution in [1.29, 1.82) is 0 Å². The minimum absolute atomic E-state index is 0.813. The number of hydrogen-bond donors (Lipinski definition) is 3. The Balaban J connectivity index is 1.91. The van der Waals surface area contributed by atoms with E-state index >= 15 is 0 Å². The van der Waals surface area contributed by atoms with Gasteiger partial charge in [0.15, 0.2) is 0 Å². The SMILES string of the molecule is COc1ccc(NNN(N)c2ccccc2)cc1. The molecule has 18 heavy (non-hydrogen) atoms. The third-order valence-corrected chi connectivity index (χ3v) is 2.45. The van der Waals surface area contributed by atoms with Crippen LogP contribution in [0, 0.1) is 0 Å². The molecule has 0 spiro atoms. The number of hydrogen-bond acceptors (Lipinski definition) is 5. The number of methoxy groups -OCH3 is 1. The van der Waals surface area contributed by atoms with Gasteiger partial charge in [-0.15, -0.1) is 5.53 Å². The lowest BCUT2D eigenvalue weighted by Crippen LogP contribution is -2.47. The van der Waals surface area contributed by atoms with E-state index in [0.29, 0.717) is 0 Å². The summed E-state index contributed by atoms with van der Waals surface area (Å²) in [6, 6.07) is 17.1. The fraction of sp³-hybridized carbons (Fsp3) is 0.0769. The Morgan fingerprint density at radius 3 is 2.28 bits per heavy atom. The van der Waals surface area contributed by atoms with Crippen LogP contribution in [0.15, 0.2) is 54.6 Å². The first-order valence-corrected chi connectivity index (χ1v) is 5.55. The molecule has 5 nitrogen and oxygen atoms in total. The van der Waals surface area contributed by atoms with Crippen LogP contribution in [0.5, 0.6) is 5.75 Å². The number of nitrogens with two attached hydrogens (primary N) is 1. The van der Waals surface area contributed by atoms with E-state index in [-0.39, 0.29) is 0 Å². The van der Waals surface area contributed by atoms with E-state index in [1.807, 2.05) is 54.6 Å². The number of para-hydroxylation sites is 1. The monoisotopic (exact) mass is 244 g/mol. The number of rotatable bonds is 5. The number of anilines is 2. The molecule has 0 amide bonds. The third-order valence-electron chi connectivity index (χ3n) is 2.45. The number of benzene rings is 2. The highest BCUT2D eigenvalue weighted by atomic mass is 16.5. The molecule has 0 saturated carbocycles. The Morgan fingerprint density at radius 1 is 1.00 bits per heavy atom. The molecule has 0 radical (unpaired) electrons. The summed E-state index contributed by atoms with van der Waals surface area (Å²) in [5.41, 5.74) is 7.61. The van der Waals surface area contributed by atoms with Gasteiger partial charge in [0.1, 0.15) is 5.75 Å². The molecule has 0 aliphatic rings. The molecule has 0 heterocycles. The summed E-state index contributed by atoms with van der Waals surface area (Å²) in [5.74, 6) is 6.65. The lowest BCUT2D eigenvalue weighted by molar-refractivity contribution is 0.415. The van der Waals surface area contributed by atoms with Crippen molar-refractivity contribution in [3.63, 3.8) is 0 Å². The van der Waals surface area contributed by atoms with Crippen molar-refractivity contribution >= 4 is 11.4 Å². The van der Waals surface area contributed by atoms with Gasteiger partial charge in [0.25, 0.3) is 0 Å². The van der Waals surface area contributed by atoms with Crippen molar-refractivity contribution in [3.05, 3.63) is 54.6 Å². The average molecular weight is 244 g/mol. The second kappa shape index (κ2) is 5.90. The van der Waals surface area contributed by atoms with Crippen molar-refractivity contribution in [2.45, 2.75) is 0 Å². The van der Waals surface area contributed by atoms with Crippen LogP contribution in [0.4, 0.5) is 11.4 Å². The molecular weight excluding hydrogens is 228 g/mol. The maximum Gasteiger partial charge on any atom is 0.119 e. The van der Waals surface area contributed by atoms with Crippen LogP contribution in [0.1, 0.15) is 0 Å². The zero-order valence-electron chi connectivity index (χ0n) is 10.1. The Bertz CT molecular complexity index is 472. The van der Waals surface area contributed by atoms with Crippen molar-refractivity contribution in [2.75, 3.05) is 17.7 Å². The smallest absolute Gasteiger partial charge is 0.119 e. The van der Waals surface area contributed by atoms with Crippen molar-refractivity contribution in [1.82, 2.24) is 5.53 Å². The summed E-state index contributed by atoms with van der Waals surface area (Å²) in [4.78, 5) is 0. The summed E-state index contributed by atoms with van der Waals surface area (Å²) in [6.45, 7) is 0. The van der Waals surface area contributed by atoms with E-state index in [2.05, 4.69) is 11.0 Å². The predicted octanol–water partition coefficient (Wildman–Crippen LogP) is 1.91. The lowest BCUT2D eigenvalue weighted by atomic mass is 10.3. The first kappa shape index (κ1) is 12.2. The maximum absolute atomic E-state index is 5.83. The van der Waals surface area contributed by atoms with Crippen molar-refractivity contribution in [3.8, 4) is 5.75 Å². The van der Waals surface area contributed by atoms with Crippen molar-refractivity contribution in [2.24, 2.45) is 5.84 Å². The molecule has 2 aromatic rings. The highest BCUT2D eigenvalue weighted by molar-refractivity contribution is 5.48. The van der Waals surface area contributed by atoms with Gasteiger partial charge >= 0.3 is 0 Å². The second-order valence-electron chi connectivity index (χ2n) is 3.67. The standard InChI is InChI=1S/C13H16N4O/c1-18-13-9-7-11(8-10-13)15-16-17(14)12-5-3-2-4-6-12/h2-10,15-16H,14H2,1H3. The van der Waals surface area contributed by atoms with E-state index in [1.54, 1.807) is 7.11 Å². The van der Waals surface area contributed by atoms with Gasteiger partial charge < -0.3 is 10.2 Å². The van der Waals surface area contributed by atoms with Crippen LogP contribution >= 0.6 is 0 Å². The quantitative estimate of drug-likeness (QED) is 0.554.